The number of carbonyl (C=O) groups excluding carboxylic acids is 4. The highest BCUT2D eigenvalue weighted by atomic mass is 32.2. The van der Waals surface area contributed by atoms with Gasteiger partial charge >= 0.3 is 0 Å². The summed E-state index contributed by atoms with van der Waals surface area (Å²) in [4.78, 5) is 62.3. The van der Waals surface area contributed by atoms with E-state index in [1.54, 1.807) is 23.5 Å². The lowest BCUT2D eigenvalue weighted by molar-refractivity contribution is -0.142. The Kier molecular flexibility index (Phi) is 46.9. The van der Waals surface area contributed by atoms with Crippen molar-refractivity contribution in [2.24, 2.45) is 22.7 Å². The van der Waals surface area contributed by atoms with Gasteiger partial charge in [-0.2, -0.15) is 135 Å². The zero-order chi connectivity index (χ0) is 49.9. The van der Waals surface area contributed by atoms with Gasteiger partial charge in [0.25, 0.3) is 0 Å². The summed E-state index contributed by atoms with van der Waals surface area (Å²) < 4.78 is 18.2. The number of amides is 4. The van der Waals surface area contributed by atoms with E-state index in [1.165, 1.54) is 0 Å². The SMILES string of the molecule is CC[C@@H](C)C(=S)N[C@H]1CCS[C@H]2CC(C)(C)[C@@H](C(=O)N[C@H](COCCOCCOC[C@@H](NC(=O)[C@H]3N4C(=O)[C@@H](NC(=S)[C@H](C)CC)CCS[C@H]4CC3(C)C)c3ccccc3)c3ccccc3)N2C1=O.S.S.S.S.S.S.S.S.S.S. The van der Waals surface area contributed by atoms with Gasteiger partial charge in [0.15, 0.2) is 0 Å². The molecule has 0 aromatic heterocycles. The van der Waals surface area contributed by atoms with Gasteiger partial charge < -0.3 is 45.3 Å². The summed E-state index contributed by atoms with van der Waals surface area (Å²) >= 11 is 14.8. The molecule has 460 valence electrons. The van der Waals surface area contributed by atoms with Crippen LogP contribution in [0.2, 0.25) is 0 Å². The van der Waals surface area contributed by atoms with E-state index in [2.05, 4.69) is 76.7 Å². The Labute approximate surface area is 562 Å². The number of thioether (sulfide) groups is 2. The normalized spacial score (nSPS) is 22.5. The molecule has 0 saturated carbocycles. The molecule has 0 unspecified atom stereocenters. The molecule has 4 aliphatic rings. The molecule has 2 aromatic rings. The van der Waals surface area contributed by atoms with E-state index >= 15 is 0 Å². The van der Waals surface area contributed by atoms with Gasteiger partial charge in [-0.3, -0.25) is 19.2 Å². The number of carbonyl (C=O) groups is 4. The van der Waals surface area contributed by atoms with Gasteiger partial charge in [0.05, 0.1) is 72.4 Å². The van der Waals surface area contributed by atoms with Crippen LogP contribution >= 0.6 is 183 Å². The molecule has 4 heterocycles. The van der Waals surface area contributed by atoms with Crippen molar-refractivity contribution < 1.29 is 33.4 Å². The van der Waals surface area contributed by atoms with Crippen LogP contribution < -0.4 is 21.3 Å². The average molecular weight is 1370 g/mol. The third-order valence-corrected chi connectivity index (χ3v) is 17.7. The minimum absolute atomic E-state index is 0. The van der Waals surface area contributed by atoms with Crippen LogP contribution in [0.15, 0.2) is 60.7 Å². The molecule has 0 spiro atoms. The van der Waals surface area contributed by atoms with Crippen molar-refractivity contribution in [1.29, 1.82) is 0 Å². The summed E-state index contributed by atoms with van der Waals surface area (Å²) in [6, 6.07) is 16.3. The number of nitrogens with zero attached hydrogens (tertiary/aromatic N) is 2. The first-order chi connectivity index (χ1) is 33.0. The van der Waals surface area contributed by atoms with Crippen molar-refractivity contribution in [2.45, 2.75) is 141 Å². The van der Waals surface area contributed by atoms with Crippen LogP contribution in [0, 0.1) is 22.7 Å². The van der Waals surface area contributed by atoms with Crippen molar-refractivity contribution in [3.63, 3.8) is 0 Å². The van der Waals surface area contributed by atoms with Crippen LogP contribution in [0.5, 0.6) is 0 Å². The molecule has 2 aromatic carbocycles. The molecule has 0 aliphatic carbocycles. The number of benzene rings is 2. The Morgan fingerprint density at radius 2 is 0.886 bits per heavy atom. The van der Waals surface area contributed by atoms with Crippen LogP contribution in [0.1, 0.15) is 117 Å². The highest BCUT2D eigenvalue weighted by Gasteiger charge is 2.56. The number of fused-ring (bicyclic) bond motifs is 2. The van der Waals surface area contributed by atoms with Crippen LogP contribution in [0.4, 0.5) is 0 Å². The molecule has 13 nitrogen and oxygen atoms in total. The second kappa shape index (κ2) is 42.1. The summed E-state index contributed by atoms with van der Waals surface area (Å²) in [6.45, 7) is 18.2. The Morgan fingerprint density at radius 3 is 1.20 bits per heavy atom. The number of ether oxygens (including phenoxy) is 3. The number of rotatable bonds is 22. The van der Waals surface area contributed by atoms with E-state index in [-0.39, 0.29) is 208 Å². The summed E-state index contributed by atoms with van der Waals surface area (Å²) in [6.07, 6.45) is 4.50. The molecule has 10 atom stereocenters. The van der Waals surface area contributed by atoms with E-state index in [1.807, 2.05) is 70.5 Å². The molecule has 4 aliphatic heterocycles. The maximum atomic E-state index is 14.4. The molecular weight excluding hydrogens is 1270 g/mol. The smallest absolute Gasteiger partial charge is 0.246 e. The van der Waals surface area contributed by atoms with Crippen molar-refractivity contribution >= 4 is 217 Å². The third kappa shape index (κ3) is 23.8. The molecular formula is C52H96N6O7S14. The summed E-state index contributed by atoms with van der Waals surface area (Å²) in [5.74, 6) is 1.37. The van der Waals surface area contributed by atoms with Gasteiger partial charge in [-0.1, -0.05) is 140 Å². The predicted octanol–water partition coefficient (Wildman–Crippen LogP) is 8.72. The Bertz CT molecular complexity index is 1950. The van der Waals surface area contributed by atoms with Gasteiger partial charge in [-0.05, 0) is 72.0 Å². The van der Waals surface area contributed by atoms with Gasteiger partial charge in [-0.25, -0.2) is 0 Å². The fourth-order valence-electron chi connectivity index (χ4n) is 9.76. The molecule has 4 saturated heterocycles. The molecule has 4 fully saturated rings. The van der Waals surface area contributed by atoms with E-state index in [0.717, 1.165) is 35.5 Å². The van der Waals surface area contributed by atoms with E-state index in [9.17, 15) is 19.2 Å². The number of hydrogen-bond acceptors (Lipinski definition) is 11. The van der Waals surface area contributed by atoms with E-state index in [4.69, 9.17) is 38.6 Å². The Hall–Kier alpha value is 0.180. The Balaban J connectivity index is -0.00000183. The van der Waals surface area contributed by atoms with Crippen LogP contribution in [-0.2, 0) is 33.4 Å². The first-order valence-electron chi connectivity index (χ1n) is 24.9. The number of nitrogens with one attached hydrogen (secondary N) is 4. The number of thiocarbonyl (C=S) groups is 2. The largest absolute Gasteiger partial charge is 0.377 e. The minimum atomic E-state index is -0.662. The number of hydrogen-bond donors (Lipinski definition) is 4. The highest BCUT2D eigenvalue weighted by molar-refractivity contribution is 8.00. The monoisotopic (exact) mass is 1360 g/mol. The first kappa shape index (κ1) is 87.9. The summed E-state index contributed by atoms with van der Waals surface area (Å²) in [7, 11) is 0. The van der Waals surface area contributed by atoms with Crippen molar-refractivity contribution in [3.05, 3.63) is 71.8 Å². The van der Waals surface area contributed by atoms with Gasteiger partial charge in [0.2, 0.25) is 23.6 Å². The molecule has 0 radical (unpaired) electrons. The van der Waals surface area contributed by atoms with Gasteiger partial charge in [0.1, 0.15) is 24.2 Å². The third-order valence-electron chi connectivity index (χ3n) is 14.2. The lowest BCUT2D eigenvalue weighted by Gasteiger charge is -2.35. The molecule has 0 bridgehead atoms. The predicted molar refractivity (Wildman–Crippen MR) is 389 cm³/mol. The molecule has 27 heteroatoms. The van der Waals surface area contributed by atoms with E-state index in [0.29, 0.717) is 48.9 Å². The highest BCUT2D eigenvalue weighted by Crippen LogP contribution is 2.48. The van der Waals surface area contributed by atoms with E-state index < -0.39 is 47.1 Å². The van der Waals surface area contributed by atoms with Crippen LogP contribution in [-0.4, -0.2) is 129 Å². The zero-order valence-electron chi connectivity index (χ0n) is 46.8. The van der Waals surface area contributed by atoms with Gasteiger partial charge in [-0.15, -0.1) is 23.5 Å². The van der Waals surface area contributed by atoms with Crippen LogP contribution in [0.3, 0.4) is 0 Å². The zero-order valence-corrected chi connectivity index (χ0v) is 60.1. The maximum Gasteiger partial charge on any atom is 0.246 e. The van der Waals surface area contributed by atoms with Crippen molar-refractivity contribution in [2.75, 3.05) is 51.1 Å². The lowest BCUT2D eigenvalue weighted by atomic mass is 9.83. The average Bonchev–Trinajstić information content (AvgIpc) is 3.65. The maximum absolute atomic E-state index is 14.4. The molecule has 4 amide bonds. The van der Waals surface area contributed by atoms with Crippen molar-refractivity contribution in [1.82, 2.24) is 31.1 Å². The fourth-order valence-corrected chi connectivity index (χ4v) is 13.5. The summed E-state index contributed by atoms with van der Waals surface area (Å²) in [5.41, 5.74) is 0.902. The first-order valence-corrected chi connectivity index (χ1v) is 27.8. The quantitative estimate of drug-likeness (QED) is 0.0658. The van der Waals surface area contributed by atoms with Gasteiger partial charge in [0, 0.05) is 11.8 Å². The second-order valence-corrected chi connectivity index (χ2v) is 23.8. The Morgan fingerprint density at radius 1 is 0.570 bits per heavy atom. The van der Waals surface area contributed by atoms with Crippen molar-refractivity contribution in [3.8, 4) is 0 Å². The second-order valence-electron chi connectivity index (χ2n) is 20.4. The standard InChI is InChI=1S/C52H76N6O7S4.10H2S/c1-9-33(3)47(66)55-37-21-27-68-41-29-51(5,6)43(57(41)49(37)61)45(59)53-39(35-17-13-11-14-18-35)31-64-25-23-63-24-26-65-32-40(36-19-15-12-16-20-36)54-46(60)44-52(7,8)30-42-58(44)50(62)38(22-28-69-42)56-48(67)34(4)10-2;;;;;;;;;;/h11-20,33-34,37-44H,9-10,21-32H2,1-8H3,(H,53,59)(H,54,60)(H,55,66)(H,56,67);10*1H2/t33-,34-,37+,38+,39-,40-,41+,42+,43-,44-;;;;;;;;;;/m1........../s1. The molecule has 79 heavy (non-hydrogen) atoms. The fraction of sp³-hybridized carbons (Fsp3) is 0.654. The summed E-state index contributed by atoms with van der Waals surface area (Å²) in [5, 5.41) is 13.1. The topological polar surface area (TPSA) is 151 Å². The van der Waals surface area contributed by atoms with Crippen LogP contribution in [0.25, 0.3) is 0 Å². The molecule has 4 N–H and O–H groups in total. The molecule has 6 rings (SSSR count). The minimum Gasteiger partial charge on any atom is -0.377 e. The lowest BCUT2D eigenvalue weighted by Crippen LogP contribution is -2.57.